The first-order chi connectivity index (χ1) is 16.0. The Bertz CT molecular complexity index is 1150. The number of halogens is 1. The molecule has 7 nitrogen and oxygen atoms in total. The molecule has 0 bridgehead atoms. The van der Waals surface area contributed by atoms with Crippen molar-refractivity contribution in [3.8, 4) is 0 Å². The summed E-state index contributed by atoms with van der Waals surface area (Å²) in [7, 11) is 0. The van der Waals surface area contributed by atoms with E-state index in [0.717, 1.165) is 11.3 Å². The summed E-state index contributed by atoms with van der Waals surface area (Å²) in [5.41, 5.74) is 16.5. The van der Waals surface area contributed by atoms with E-state index in [4.69, 9.17) is 21.6 Å². The Labute approximate surface area is 192 Å². The minimum Gasteiger partial charge on any atom is -0.399 e. The van der Waals surface area contributed by atoms with Gasteiger partial charge in [-0.3, -0.25) is 15.3 Å². The number of hydrogen-bond acceptors (Lipinski definition) is 7. The van der Waals surface area contributed by atoms with Crippen LogP contribution in [0.15, 0.2) is 78.9 Å². The first kappa shape index (κ1) is 22.4. The molecule has 33 heavy (non-hydrogen) atoms. The lowest BCUT2D eigenvalue weighted by Gasteiger charge is -2.33. The molecule has 1 aliphatic heterocycles. The Hall–Kier alpha value is -3.75. The largest absolute Gasteiger partial charge is 0.399 e. The van der Waals surface area contributed by atoms with Gasteiger partial charge < -0.3 is 21.5 Å². The monoisotopic (exact) mass is 446 g/mol. The molecule has 0 radical (unpaired) electrons. The number of pyridine rings is 1. The fourth-order valence-corrected chi connectivity index (χ4v) is 3.71. The summed E-state index contributed by atoms with van der Waals surface area (Å²) in [4.78, 5) is 6.12. The average molecular weight is 447 g/mol. The molecule has 1 fully saturated rings. The van der Waals surface area contributed by atoms with E-state index >= 15 is 0 Å². The van der Waals surface area contributed by atoms with Gasteiger partial charge in [0.15, 0.2) is 0 Å². The van der Waals surface area contributed by atoms with Gasteiger partial charge in [-0.2, -0.15) is 0 Å². The third kappa shape index (κ3) is 5.54. The number of nitrogens with one attached hydrogen (secondary N) is 2. The van der Waals surface area contributed by atoms with E-state index in [-0.39, 0.29) is 11.9 Å². The molecule has 4 rings (SSSR count). The number of morpholine rings is 1. The van der Waals surface area contributed by atoms with Gasteiger partial charge in [-0.1, -0.05) is 18.2 Å². The van der Waals surface area contributed by atoms with E-state index in [9.17, 15) is 4.39 Å². The molecular weight excluding hydrogens is 419 g/mol. The molecule has 2 aromatic carbocycles. The van der Waals surface area contributed by atoms with Crippen LogP contribution in [0.25, 0.3) is 0 Å². The standard InChI is InChI=1S/C25H27FN6O/c26-21-4-2-1-3-18(21)15-32-11-12-33-24(16-32)23(28)14-31-19-5-6-22(27)20(13-19)25(29)17-7-9-30-10-8-17/h1-10,13-14,24,29,31H,11-12,15-16,27-28H2/b23-14-,29-25?. The van der Waals surface area contributed by atoms with Gasteiger partial charge in [0.05, 0.1) is 18.0 Å². The second-order valence-electron chi connectivity index (χ2n) is 7.89. The van der Waals surface area contributed by atoms with Crippen LogP contribution in [-0.2, 0) is 11.3 Å². The van der Waals surface area contributed by atoms with E-state index < -0.39 is 0 Å². The molecule has 0 aliphatic carbocycles. The van der Waals surface area contributed by atoms with E-state index in [1.54, 1.807) is 48.9 Å². The smallest absolute Gasteiger partial charge is 0.127 e. The Balaban J connectivity index is 1.42. The van der Waals surface area contributed by atoms with Gasteiger partial charge in [-0.15, -0.1) is 0 Å². The van der Waals surface area contributed by atoms with Crippen LogP contribution in [0.3, 0.4) is 0 Å². The van der Waals surface area contributed by atoms with Crippen molar-refractivity contribution < 1.29 is 9.13 Å². The van der Waals surface area contributed by atoms with Gasteiger partial charge in [0.2, 0.25) is 0 Å². The SMILES string of the molecule is N=C(c1ccncc1)c1cc(N/C=C(\N)C2CN(Cc3ccccc3F)CCO2)ccc1N. The second kappa shape index (κ2) is 10.2. The number of nitrogens with zero attached hydrogens (tertiary/aromatic N) is 2. The Kier molecular flexibility index (Phi) is 6.97. The zero-order valence-corrected chi connectivity index (χ0v) is 18.2. The average Bonchev–Trinajstić information content (AvgIpc) is 2.85. The molecule has 2 heterocycles. The lowest BCUT2D eigenvalue weighted by atomic mass is 10.0. The molecule has 1 atom stereocenters. The number of benzene rings is 2. The summed E-state index contributed by atoms with van der Waals surface area (Å²) in [6.45, 7) is 2.30. The number of rotatable bonds is 7. The number of nitrogens with two attached hydrogens (primary N) is 2. The number of aromatic nitrogens is 1. The van der Waals surface area contributed by atoms with Crippen molar-refractivity contribution in [1.29, 1.82) is 5.41 Å². The highest BCUT2D eigenvalue weighted by Gasteiger charge is 2.23. The van der Waals surface area contributed by atoms with Crippen LogP contribution in [0.1, 0.15) is 16.7 Å². The van der Waals surface area contributed by atoms with Crippen molar-refractivity contribution in [2.24, 2.45) is 5.73 Å². The number of ether oxygens (including phenoxy) is 1. The molecule has 1 unspecified atom stereocenters. The minimum absolute atomic E-state index is 0.206. The summed E-state index contributed by atoms with van der Waals surface area (Å²) in [6.07, 6.45) is 4.68. The summed E-state index contributed by atoms with van der Waals surface area (Å²) >= 11 is 0. The van der Waals surface area contributed by atoms with E-state index in [1.165, 1.54) is 6.07 Å². The van der Waals surface area contributed by atoms with E-state index in [0.29, 0.717) is 54.5 Å². The molecule has 8 heteroatoms. The highest BCUT2D eigenvalue weighted by molar-refractivity contribution is 6.14. The zero-order chi connectivity index (χ0) is 23.2. The maximum absolute atomic E-state index is 14.0. The summed E-state index contributed by atoms with van der Waals surface area (Å²) in [6, 6.07) is 15.7. The molecule has 0 amide bonds. The molecule has 170 valence electrons. The molecular formula is C25H27FN6O. The van der Waals surface area contributed by atoms with Crippen LogP contribution in [0.2, 0.25) is 0 Å². The molecule has 3 aromatic rings. The number of nitrogen functional groups attached to an aromatic ring is 1. The van der Waals surface area contributed by atoms with Gasteiger partial charge in [-0.25, -0.2) is 4.39 Å². The normalized spacial score (nSPS) is 17.0. The van der Waals surface area contributed by atoms with Crippen molar-refractivity contribution in [1.82, 2.24) is 9.88 Å². The van der Waals surface area contributed by atoms with Gasteiger partial charge in [0.1, 0.15) is 11.9 Å². The van der Waals surface area contributed by atoms with Crippen molar-refractivity contribution >= 4 is 17.1 Å². The summed E-state index contributed by atoms with van der Waals surface area (Å²) < 4.78 is 19.8. The lowest BCUT2D eigenvalue weighted by molar-refractivity contribution is -0.0133. The Morgan fingerprint density at radius 3 is 2.79 bits per heavy atom. The third-order valence-corrected chi connectivity index (χ3v) is 5.57. The zero-order valence-electron chi connectivity index (χ0n) is 18.2. The predicted molar refractivity (Wildman–Crippen MR) is 128 cm³/mol. The Morgan fingerprint density at radius 1 is 1.21 bits per heavy atom. The lowest BCUT2D eigenvalue weighted by Crippen LogP contribution is -2.44. The highest BCUT2D eigenvalue weighted by atomic mass is 19.1. The van der Waals surface area contributed by atoms with Gasteiger partial charge in [0, 0.05) is 66.3 Å². The number of hydrogen-bond donors (Lipinski definition) is 4. The maximum atomic E-state index is 14.0. The molecule has 0 spiro atoms. The van der Waals surface area contributed by atoms with Crippen LogP contribution in [0, 0.1) is 11.2 Å². The molecule has 1 saturated heterocycles. The maximum Gasteiger partial charge on any atom is 0.127 e. The third-order valence-electron chi connectivity index (χ3n) is 5.57. The first-order valence-corrected chi connectivity index (χ1v) is 10.7. The molecule has 6 N–H and O–H groups in total. The molecule has 1 aromatic heterocycles. The summed E-state index contributed by atoms with van der Waals surface area (Å²) in [5, 5.41) is 11.7. The van der Waals surface area contributed by atoms with Crippen molar-refractivity contribution in [3.05, 3.63) is 101 Å². The highest BCUT2D eigenvalue weighted by Crippen LogP contribution is 2.22. The first-order valence-electron chi connectivity index (χ1n) is 10.7. The Morgan fingerprint density at radius 2 is 2.00 bits per heavy atom. The predicted octanol–water partition coefficient (Wildman–Crippen LogP) is 3.33. The molecule has 0 saturated carbocycles. The van der Waals surface area contributed by atoms with Crippen LogP contribution in [-0.4, -0.2) is 41.4 Å². The van der Waals surface area contributed by atoms with Crippen molar-refractivity contribution in [3.63, 3.8) is 0 Å². The van der Waals surface area contributed by atoms with E-state index in [2.05, 4.69) is 15.2 Å². The topological polar surface area (TPSA) is 113 Å². The molecule has 1 aliphatic rings. The quantitative estimate of drug-likeness (QED) is 0.327. The van der Waals surface area contributed by atoms with Crippen LogP contribution >= 0.6 is 0 Å². The van der Waals surface area contributed by atoms with Gasteiger partial charge in [0.25, 0.3) is 0 Å². The van der Waals surface area contributed by atoms with Gasteiger partial charge >= 0.3 is 0 Å². The fraction of sp³-hybridized carbons (Fsp3) is 0.200. The van der Waals surface area contributed by atoms with Gasteiger partial charge in [-0.05, 0) is 36.4 Å². The van der Waals surface area contributed by atoms with Crippen LogP contribution < -0.4 is 16.8 Å². The van der Waals surface area contributed by atoms with Crippen molar-refractivity contribution in [2.75, 3.05) is 30.7 Å². The van der Waals surface area contributed by atoms with Crippen LogP contribution in [0.5, 0.6) is 0 Å². The minimum atomic E-state index is -0.304. The number of anilines is 2. The summed E-state index contributed by atoms with van der Waals surface area (Å²) in [5.74, 6) is -0.206. The van der Waals surface area contributed by atoms with Crippen molar-refractivity contribution in [2.45, 2.75) is 12.6 Å². The van der Waals surface area contributed by atoms with E-state index in [1.807, 2.05) is 18.2 Å². The van der Waals surface area contributed by atoms with Crippen LogP contribution in [0.4, 0.5) is 15.8 Å². The fourth-order valence-electron chi connectivity index (χ4n) is 3.71. The second-order valence-corrected chi connectivity index (χ2v) is 7.89.